The van der Waals surface area contributed by atoms with Crippen molar-refractivity contribution in [1.82, 2.24) is 9.88 Å². The number of hydrogen-bond acceptors (Lipinski definition) is 4. The van der Waals surface area contributed by atoms with Crippen LogP contribution in [-0.2, 0) is 28.6 Å². The average Bonchev–Trinajstić information content (AvgIpc) is 3.26. The van der Waals surface area contributed by atoms with Crippen LogP contribution in [0.3, 0.4) is 0 Å². The molecule has 0 radical (unpaired) electrons. The van der Waals surface area contributed by atoms with E-state index in [1.165, 1.54) is 28.1 Å². The largest absolute Gasteiger partial charge is 0.328 e. The van der Waals surface area contributed by atoms with Crippen LogP contribution in [-0.4, -0.2) is 31.8 Å². The molecule has 2 aromatic rings. The first-order valence-electron chi connectivity index (χ1n) is 9.91. The third-order valence-electron chi connectivity index (χ3n) is 5.63. The first-order chi connectivity index (χ1) is 14.8. The van der Waals surface area contributed by atoms with E-state index in [0.29, 0.717) is 18.1 Å². The molecule has 4 nitrogen and oxygen atoms in total. The van der Waals surface area contributed by atoms with Gasteiger partial charge in [0.1, 0.15) is 9.90 Å². The maximum absolute atomic E-state index is 13.0. The lowest BCUT2D eigenvalue weighted by atomic mass is 9.83. The molecular weight excluding hydrogens is 491 g/mol. The van der Waals surface area contributed by atoms with Gasteiger partial charge in [-0.1, -0.05) is 44.1 Å². The number of hydrogen-bond donors (Lipinski definition) is 0. The van der Waals surface area contributed by atoms with E-state index in [9.17, 15) is 28.4 Å². The van der Waals surface area contributed by atoms with Crippen LogP contribution in [0.4, 0.5) is 19.4 Å². The Morgan fingerprint density at radius 2 is 1.84 bits per heavy atom. The standard InChI is InChI=1S/C20H21F5N2O2S3/c21-32(22,23,24,25)17-6-4-14(5-7-17)10-20(28)27(16-8-9-31(29)13-16)11-19-26-18(12-30-19)15-2-1-3-15/h4-9,12,15-16H,1-3,10-11,13H2. The maximum Gasteiger partial charge on any atom is 0.310 e. The molecule has 1 aromatic carbocycles. The summed E-state index contributed by atoms with van der Waals surface area (Å²) in [6.07, 6.45) is 4.75. The summed E-state index contributed by atoms with van der Waals surface area (Å²) in [5.41, 5.74) is 1.18. The van der Waals surface area contributed by atoms with Crippen molar-refractivity contribution in [2.75, 3.05) is 5.75 Å². The van der Waals surface area contributed by atoms with E-state index in [4.69, 9.17) is 0 Å². The van der Waals surface area contributed by atoms with Crippen molar-refractivity contribution < 1.29 is 28.4 Å². The first kappa shape index (κ1) is 23.4. The van der Waals surface area contributed by atoms with Crippen molar-refractivity contribution in [2.45, 2.75) is 49.1 Å². The van der Waals surface area contributed by atoms with Crippen LogP contribution in [0.25, 0.3) is 0 Å². The summed E-state index contributed by atoms with van der Waals surface area (Å²) in [4.78, 5) is 17.2. The topological polar surface area (TPSA) is 50.3 Å². The van der Waals surface area contributed by atoms with E-state index in [0.717, 1.165) is 35.7 Å². The molecule has 1 aromatic heterocycles. The van der Waals surface area contributed by atoms with Gasteiger partial charge in [0.05, 0.1) is 30.5 Å². The fourth-order valence-electron chi connectivity index (χ4n) is 3.62. The van der Waals surface area contributed by atoms with Gasteiger partial charge in [0.25, 0.3) is 0 Å². The van der Waals surface area contributed by atoms with Gasteiger partial charge in [-0.3, -0.25) is 9.00 Å². The molecule has 2 unspecified atom stereocenters. The molecule has 0 spiro atoms. The molecule has 0 N–H and O–H groups in total. The van der Waals surface area contributed by atoms with E-state index in [2.05, 4.69) is 4.98 Å². The smallest absolute Gasteiger partial charge is 0.310 e. The molecule has 2 heterocycles. The quantitative estimate of drug-likeness (QED) is 0.410. The van der Waals surface area contributed by atoms with Crippen LogP contribution in [0.2, 0.25) is 0 Å². The van der Waals surface area contributed by atoms with Crippen LogP contribution < -0.4 is 0 Å². The predicted molar refractivity (Wildman–Crippen MR) is 117 cm³/mol. The molecule has 1 aliphatic heterocycles. The SMILES string of the molecule is O=C(Cc1ccc(S(F)(F)(F)(F)F)cc1)N(Cc1nc(C2CCC2)cs1)C1C=CS(=O)C1. The number of aromatic nitrogens is 1. The number of rotatable bonds is 7. The summed E-state index contributed by atoms with van der Waals surface area (Å²) in [7, 11) is -11.0. The third kappa shape index (κ3) is 5.40. The van der Waals surface area contributed by atoms with E-state index in [1.807, 2.05) is 5.38 Å². The molecule has 2 atom stereocenters. The molecule has 1 saturated carbocycles. The van der Waals surface area contributed by atoms with E-state index in [-0.39, 0.29) is 24.3 Å². The van der Waals surface area contributed by atoms with Crippen LogP contribution >= 0.6 is 21.6 Å². The minimum absolute atomic E-state index is 0.183. The van der Waals surface area contributed by atoms with Crippen molar-refractivity contribution >= 4 is 38.3 Å². The molecular formula is C20H21F5N2O2S3. The molecule has 32 heavy (non-hydrogen) atoms. The van der Waals surface area contributed by atoms with Gasteiger partial charge in [0.15, 0.2) is 0 Å². The Kier molecular flexibility index (Phi) is 5.57. The van der Waals surface area contributed by atoms with Gasteiger partial charge in [-0.05, 0) is 30.5 Å². The van der Waals surface area contributed by atoms with Crippen molar-refractivity contribution in [3.63, 3.8) is 0 Å². The van der Waals surface area contributed by atoms with Crippen molar-refractivity contribution in [3.05, 3.63) is 57.4 Å². The minimum Gasteiger partial charge on any atom is -0.328 e. The second kappa shape index (κ2) is 7.63. The number of carbonyl (C=O) groups excluding carboxylic acids is 1. The average molecular weight is 513 g/mol. The molecule has 1 amide bonds. The van der Waals surface area contributed by atoms with Gasteiger partial charge in [-0.2, -0.15) is 0 Å². The Morgan fingerprint density at radius 1 is 1.16 bits per heavy atom. The molecule has 0 saturated heterocycles. The zero-order valence-electron chi connectivity index (χ0n) is 16.8. The highest BCUT2D eigenvalue weighted by Crippen LogP contribution is 3.02. The fraction of sp³-hybridized carbons (Fsp3) is 0.400. The van der Waals surface area contributed by atoms with Gasteiger partial charge in [-0.25, -0.2) is 4.98 Å². The highest BCUT2D eigenvalue weighted by atomic mass is 32.5. The van der Waals surface area contributed by atoms with Gasteiger partial charge in [-0.15, -0.1) is 11.3 Å². The number of amides is 1. The highest BCUT2D eigenvalue weighted by molar-refractivity contribution is 8.45. The number of thiazole rings is 1. The Labute approximate surface area is 188 Å². The van der Waals surface area contributed by atoms with E-state index >= 15 is 0 Å². The molecule has 2 aliphatic rings. The Morgan fingerprint density at radius 3 is 2.38 bits per heavy atom. The lowest BCUT2D eigenvalue weighted by Crippen LogP contribution is -2.40. The summed E-state index contributed by atoms with van der Waals surface area (Å²) in [5.74, 6) is 0.269. The summed E-state index contributed by atoms with van der Waals surface area (Å²) >= 11 is 1.43. The van der Waals surface area contributed by atoms with E-state index < -0.39 is 37.9 Å². The summed E-state index contributed by atoms with van der Waals surface area (Å²) in [6, 6.07) is 1.98. The van der Waals surface area contributed by atoms with Gasteiger partial charge in [0.2, 0.25) is 5.91 Å². The Balaban J connectivity index is 1.51. The second-order valence-corrected chi connectivity index (χ2v) is 12.8. The summed E-state index contributed by atoms with van der Waals surface area (Å²) in [5, 5.41) is 4.21. The van der Waals surface area contributed by atoms with Crippen LogP contribution in [0, 0.1) is 0 Å². The zero-order chi connectivity index (χ0) is 23.2. The molecule has 4 rings (SSSR count). The Bertz CT molecular complexity index is 1080. The molecule has 1 aliphatic carbocycles. The third-order valence-corrected chi connectivity index (χ3v) is 8.78. The van der Waals surface area contributed by atoms with Crippen LogP contribution in [0.15, 0.2) is 46.0 Å². The number of halogens is 5. The first-order valence-corrected chi connectivity index (χ1v) is 14.1. The second-order valence-electron chi connectivity index (χ2n) is 8.05. The lowest BCUT2D eigenvalue weighted by Gasteiger charge is -2.40. The Hall–Kier alpha value is -1.79. The van der Waals surface area contributed by atoms with Crippen molar-refractivity contribution in [1.29, 1.82) is 0 Å². The van der Waals surface area contributed by atoms with E-state index in [1.54, 1.807) is 6.08 Å². The number of nitrogens with zero attached hydrogens (tertiary/aromatic N) is 2. The molecule has 0 bridgehead atoms. The number of benzene rings is 1. The highest BCUT2D eigenvalue weighted by Gasteiger charge is 2.65. The van der Waals surface area contributed by atoms with Crippen LogP contribution in [0.1, 0.15) is 41.4 Å². The lowest BCUT2D eigenvalue weighted by molar-refractivity contribution is -0.132. The maximum atomic E-state index is 13.0. The number of carbonyl (C=O) groups is 1. The van der Waals surface area contributed by atoms with Gasteiger partial charge in [0, 0.05) is 27.5 Å². The molecule has 1 fully saturated rings. The minimum atomic E-state index is -9.76. The monoisotopic (exact) mass is 512 g/mol. The molecule has 12 heteroatoms. The molecule has 176 valence electrons. The van der Waals surface area contributed by atoms with Crippen molar-refractivity contribution in [2.24, 2.45) is 0 Å². The predicted octanol–water partition coefficient (Wildman–Crippen LogP) is 6.28. The zero-order valence-corrected chi connectivity index (χ0v) is 19.2. The van der Waals surface area contributed by atoms with Gasteiger partial charge >= 0.3 is 10.2 Å². The van der Waals surface area contributed by atoms with Crippen molar-refractivity contribution in [3.8, 4) is 0 Å². The fourth-order valence-corrected chi connectivity index (χ4v) is 6.24. The summed E-state index contributed by atoms with van der Waals surface area (Å²) in [6.45, 7) is 0.186. The van der Waals surface area contributed by atoms with Gasteiger partial charge < -0.3 is 4.90 Å². The normalized spacial score (nSPS) is 23.4. The van der Waals surface area contributed by atoms with Crippen LogP contribution in [0.5, 0.6) is 0 Å². The summed E-state index contributed by atoms with van der Waals surface area (Å²) < 4.78 is 76.4.